The van der Waals surface area contributed by atoms with E-state index in [1.54, 1.807) is 32.9 Å². The van der Waals surface area contributed by atoms with Gasteiger partial charge in [-0.25, -0.2) is 14.4 Å². The van der Waals surface area contributed by atoms with Gasteiger partial charge in [-0.15, -0.1) is 0 Å². The molecule has 8 heteroatoms. The number of benzene rings is 1. The molecule has 2 atom stereocenters. The maximum Gasteiger partial charge on any atom is 0.408 e. The van der Waals surface area contributed by atoms with Crippen LogP contribution in [0.1, 0.15) is 58.4 Å². The molecule has 1 fully saturated rings. The molecule has 1 amide bonds. The summed E-state index contributed by atoms with van der Waals surface area (Å²) in [5.74, 6) is -2.22. The number of esters is 1. The van der Waals surface area contributed by atoms with Gasteiger partial charge in [0.15, 0.2) is 12.1 Å². The molecule has 0 heterocycles. The number of hydrogen-bond acceptors (Lipinski definition) is 6. The van der Waals surface area contributed by atoms with E-state index in [0.717, 1.165) is 37.7 Å². The second-order valence-electron chi connectivity index (χ2n) is 8.38. The smallest absolute Gasteiger partial charge is 0.408 e. The molecule has 0 unspecified atom stereocenters. The number of carbonyl (C=O) groups excluding carboxylic acids is 2. The second-order valence-corrected chi connectivity index (χ2v) is 8.38. The number of nitrogens with one attached hydrogen (secondary N) is 1. The van der Waals surface area contributed by atoms with E-state index in [1.165, 1.54) is 0 Å². The highest BCUT2D eigenvalue weighted by atomic mass is 16.6. The average molecular weight is 421 g/mol. The van der Waals surface area contributed by atoms with Crippen LogP contribution in [0.2, 0.25) is 0 Å². The number of aliphatic carboxylic acids is 1. The molecule has 2 N–H and O–H groups in total. The highest BCUT2D eigenvalue weighted by Gasteiger charge is 2.39. The summed E-state index contributed by atoms with van der Waals surface area (Å²) in [5.41, 5.74) is -0.0646. The van der Waals surface area contributed by atoms with Crippen molar-refractivity contribution in [2.45, 2.75) is 83.3 Å². The molecule has 2 rings (SSSR count). The second kappa shape index (κ2) is 11.0. The minimum absolute atomic E-state index is 0.00888. The van der Waals surface area contributed by atoms with Crippen molar-refractivity contribution in [3.8, 4) is 0 Å². The molecule has 0 aromatic heterocycles. The van der Waals surface area contributed by atoms with E-state index in [4.69, 9.17) is 14.2 Å². The van der Waals surface area contributed by atoms with Gasteiger partial charge < -0.3 is 24.6 Å². The van der Waals surface area contributed by atoms with Gasteiger partial charge in [-0.1, -0.05) is 36.8 Å². The lowest BCUT2D eigenvalue weighted by molar-refractivity contribution is -0.171. The largest absolute Gasteiger partial charge is 0.480 e. The first kappa shape index (κ1) is 23.7. The number of carboxylic acid groups (broad SMARTS) is 1. The molecule has 0 aliphatic heterocycles. The number of hydrogen-bond donors (Lipinski definition) is 2. The van der Waals surface area contributed by atoms with Gasteiger partial charge in [0.25, 0.3) is 0 Å². The van der Waals surface area contributed by atoms with E-state index in [9.17, 15) is 19.5 Å². The van der Waals surface area contributed by atoms with Crippen molar-refractivity contribution in [3.63, 3.8) is 0 Å². The molecular weight excluding hydrogens is 390 g/mol. The SMILES string of the molecule is CC(C)(C)OC(=O)N[C@H](C(=O)O)[C@H](OCc1ccccc1)C(=O)OC1CCCCC1. The topological polar surface area (TPSA) is 111 Å². The predicted octanol–water partition coefficient (Wildman–Crippen LogP) is 3.43. The Hall–Kier alpha value is -2.61. The Morgan fingerprint density at radius 3 is 2.30 bits per heavy atom. The van der Waals surface area contributed by atoms with Gasteiger partial charge in [0.1, 0.15) is 11.7 Å². The van der Waals surface area contributed by atoms with Gasteiger partial charge in [0.2, 0.25) is 0 Å². The molecule has 166 valence electrons. The first-order chi connectivity index (χ1) is 14.2. The molecular formula is C22H31NO7. The summed E-state index contributed by atoms with van der Waals surface area (Å²) in [6.45, 7) is 4.96. The summed E-state index contributed by atoms with van der Waals surface area (Å²) in [5, 5.41) is 11.9. The lowest BCUT2D eigenvalue weighted by Gasteiger charge is -2.28. The zero-order valence-electron chi connectivity index (χ0n) is 17.8. The third-order valence-corrected chi connectivity index (χ3v) is 4.58. The Labute approximate surface area is 176 Å². The van der Waals surface area contributed by atoms with Crippen LogP contribution in [0, 0.1) is 0 Å². The van der Waals surface area contributed by atoms with Gasteiger partial charge >= 0.3 is 18.0 Å². The number of rotatable bonds is 8. The molecule has 1 aliphatic carbocycles. The van der Waals surface area contributed by atoms with Crippen LogP contribution in [0.3, 0.4) is 0 Å². The van der Waals surface area contributed by atoms with Crippen LogP contribution in [0.4, 0.5) is 4.79 Å². The van der Waals surface area contributed by atoms with Crippen LogP contribution >= 0.6 is 0 Å². The Kier molecular flexibility index (Phi) is 8.65. The lowest BCUT2D eigenvalue weighted by atomic mass is 9.98. The van der Waals surface area contributed by atoms with Gasteiger partial charge in [0.05, 0.1) is 6.61 Å². The summed E-state index contributed by atoms with van der Waals surface area (Å²) in [6, 6.07) is 7.38. The van der Waals surface area contributed by atoms with E-state index in [-0.39, 0.29) is 12.7 Å². The van der Waals surface area contributed by atoms with Gasteiger partial charge in [0, 0.05) is 0 Å². The van der Waals surface area contributed by atoms with E-state index in [0.29, 0.717) is 0 Å². The summed E-state index contributed by atoms with van der Waals surface area (Å²) < 4.78 is 16.3. The molecule has 30 heavy (non-hydrogen) atoms. The number of alkyl carbamates (subject to hydrolysis) is 1. The van der Waals surface area contributed by atoms with Crippen LogP contribution < -0.4 is 5.32 Å². The van der Waals surface area contributed by atoms with Crippen LogP contribution in [0.25, 0.3) is 0 Å². The van der Waals surface area contributed by atoms with Crippen molar-refractivity contribution in [1.82, 2.24) is 5.32 Å². The Bertz CT molecular complexity index is 708. The summed E-state index contributed by atoms with van der Waals surface area (Å²) >= 11 is 0. The zero-order chi connectivity index (χ0) is 22.1. The highest BCUT2D eigenvalue weighted by molar-refractivity contribution is 5.88. The van der Waals surface area contributed by atoms with Crippen LogP contribution in [-0.4, -0.2) is 47.0 Å². The van der Waals surface area contributed by atoms with Crippen LogP contribution in [0.5, 0.6) is 0 Å². The maximum atomic E-state index is 12.8. The fourth-order valence-corrected chi connectivity index (χ4v) is 3.18. The average Bonchev–Trinajstić information content (AvgIpc) is 2.67. The van der Waals surface area contributed by atoms with E-state index in [2.05, 4.69) is 5.32 Å². The minimum atomic E-state index is -1.65. The van der Waals surface area contributed by atoms with Gasteiger partial charge in [-0.05, 0) is 52.0 Å². The van der Waals surface area contributed by atoms with Crippen molar-refractivity contribution in [3.05, 3.63) is 35.9 Å². The van der Waals surface area contributed by atoms with Crippen LogP contribution in [-0.2, 0) is 30.4 Å². The third kappa shape index (κ3) is 8.02. The first-order valence-electron chi connectivity index (χ1n) is 10.2. The molecule has 1 aromatic carbocycles. The molecule has 0 bridgehead atoms. The number of carbonyl (C=O) groups is 3. The predicted molar refractivity (Wildman–Crippen MR) is 109 cm³/mol. The zero-order valence-corrected chi connectivity index (χ0v) is 17.8. The Morgan fingerprint density at radius 1 is 1.10 bits per heavy atom. The number of amides is 1. The minimum Gasteiger partial charge on any atom is -0.480 e. The van der Waals surface area contributed by atoms with Crippen molar-refractivity contribution < 1.29 is 33.7 Å². The van der Waals surface area contributed by atoms with Crippen LogP contribution in [0.15, 0.2) is 30.3 Å². The normalized spacial score (nSPS) is 16.9. The van der Waals surface area contributed by atoms with Crippen molar-refractivity contribution in [1.29, 1.82) is 0 Å². The summed E-state index contributed by atoms with van der Waals surface area (Å²) in [7, 11) is 0. The standard InChI is InChI=1S/C22H31NO7/c1-22(2,3)30-21(27)23-17(19(24)25)18(28-14-15-10-6-4-7-11-15)20(26)29-16-12-8-5-9-13-16/h4,6-7,10-11,16-18H,5,8-9,12-14H2,1-3H3,(H,23,27)(H,24,25)/t17-,18-/m0/s1. The highest BCUT2D eigenvalue weighted by Crippen LogP contribution is 2.22. The monoisotopic (exact) mass is 421 g/mol. The Morgan fingerprint density at radius 2 is 1.73 bits per heavy atom. The van der Waals surface area contributed by atoms with E-state index < -0.39 is 35.8 Å². The van der Waals surface area contributed by atoms with E-state index in [1.807, 2.05) is 18.2 Å². The van der Waals surface area contributed by atoms with Gasteiger partial charge in [-0.2, -0.15) is 0 Å². The number of ether oxygens (including phenoxy) is 3. The summed E-state index contributed by atoms with van der Waals surface area (Å²) in [4.78, 5) is 36.9. The molecule has 0 spiro atoms. The number of carboxylic acids is 1. The van der Waals surface area contributed by atoms with Crippen molar-refractivity contribution >= 4 is 18.0 Å². The fourth-order valence-electron chi connectivity index (χ4n) is 3.18. The molecule has 1 saturated carbocycles. The fraction of sp³-hybridized carbons (Fsp3) is 0.591. The van der Waals surface area contributed by atoms with Crippen molar-refractivity contribution in [2.24, 2.45) is 0 Å². The van der Waals surface area contributed by atoms with Gasteiger partial charge in [-0.3, -0.25) is 0 Å². The third-order valence-electron chi connectivity index (χ3n) is 4.58. The molecule has 0 saturated heterocycles. The molecule has 0 radical (unpaired) electrons. The molecule has 1 aliphatic rings. The molecule has 8 nitrogen and oxygen atoms in total. The lowest BCUT2D eigenvalue weighted by Crippen LogP contribution is -2.54. The van der Waals surface area contributed by atoms with E-state index >= 15 is 0 Å². The molecule has 1 aromatic rings. The Balaban J connectivity index is 2.15. The maximum absolute atomic E-state index is 12.8. The summed E-state index contributed by atoms with van der Waals surface area (Å²) in [6.07, 6.45) is 1.71. The van der Waals surface area contributed by atoms with Crippen molar-refractivity contribution in [2.75, 3.05) is 0 Å². The quantitative estimate of drug-likeness (QED) is 0.619. The first-order valence-corrected chi connectivity index (χ1v) is 10.2.